The van der Waals surface area contributed by atoms with Crippen molar-refractivity contribution in [2.24, 2.45) is 0 Å². The van der Waals surface area contributed by atoms with Crippen molar-refractivity contribution in [3.8, 4) is 34.5 Å². The highest BCUT2D eigenvalue weighted by Crippen LogP contribution is 2.46. The monoisotopic (exact) mass is 468 g/mol. The Morgan fingerprint density at radius 2 is 1.24 bits per heavy atom. The number of benzene rings is 2. The number of hydrogen-bond acceptors (Lipinski definition) is 7. The summed E-state index contributed by atoms with van der Waals surface area (Å²) in [6.45, 7) is 0. The highest BCUT2D eigenvalue weighted by atomic mass is 16.5. The molecule has 7 nitrogen and oxygen atoms in total. The normalized spacial score (nSPS) is 13.3. The molecule has 0 fully saturated rings. The summed E-state index contributed by atoms with van der Waals surface area (Å²) in [6, 6.07) is 3.82. The Labute approximate surface area is 200 Å². The van der Waals surface area contributed by atoms with Gasteiger partial charge in [0.25, 0.3) is 0 Å². The zero-order valence-corrected chi connectivity index (χ0v) is 20.7. The van der Waals surface area contributed by atoms with Crippen LogP contribution in [0, 0.1) is 0 Å². The van der Waals surface area contributed by atoms with Crippen LogP contribution >= 0.6 is 0 Å². The summed E-state index contributed by atoms with van der Waals surface area (Å²) in [5.41, 5.74) is 4.89. The molecule has 182 valence electrons. The van der Waals surface area contributed by atoms with Crippen LogP contribution in [0.15, 0.2) is 24.3 Å². The lowest BCUT2D eigenvalue weighted by molar-refractivity contribution is -0.103. The number of carbonyl (C=O) groups is 1. The zero-order valence-electron chi connectivity index (χ0n) is 20.7. The van der Waals surface area contributed by atoms with Crippen LogP contribution in [0.3, 0.4) is 0 Å². The van der Waals surface area contributed by atoms with Gasteiger partial charge >= 0.3 is 0 Å². The topological polar surface area (TPSA) is 72.5 Å². The molecule has 0 atom stereocenters. The van der Waals surface area contributed by atoms with E-state index in [1.807, 2.05) is 18.2 Å². The first kappa shape index (κ1) is 25.0. The van der Waals surface area contributed by atoms with Crippen molar-refractivity contribution in [3.63, 3.8) is 0 Å². The maximum absolute atomic E-state index is 11.1. The van der Waals surface area contributed by atoms with E-state index in [0.717, 1.165) is 54.4 Å². The molecule has 2 aromatic carbocycles. The first-order chi connectivity index (χ1) is 16.6. The quantitative estimate of drug-likeness (QED) is 0.535. The Balaban J connectivity index is 0.000000192. The molecule has 0 bridgehead atoms. The SMILES string of the molecule is COc1cc2c(c(OC)c1OC)CCC=C2.COc1cc2c(c(OC)c1OC)CCC=C2C=O. The van der Waals surface area contributed by atoms with Gasteiger partial charge in [-0.25, -0.2) is 0 Å². The minimum absolute atomic E-state index is 0.572. The van der Waals surface area contributed by atoms with Crippen molar-refractivity contribution in [1.29, 1.82) is 0 Å². The molecule has 0 saturated heterocycles. The van der Waals surface area contributed by atoms with E-state index >= 15 is 0 Å². The Morgan fingerprint density at radius 1 is 0.676 bits per heavy atom. The third kappa shape index (κ3) is 4.69. The fourth-order valence-corrected chi connectivity index (χ4v) is 4.39. The molecule has 0 amide bonds. The van der Waals surface area contributed by atoms with E-state index in [1.165, 1.54) is 5.56 Å². The summed E-state index contributed by atoms with van der Waals surface area (Å²) in [6.07, 6.45) is 10.7. The molecule has 0 spiro atoms. The lowest BCUT2D eigenvalue weighted by Crippen LogP contribution is -2.06. The molecular formula is C27H32O7. The summed E-state index contributed by atoms with van der Waals surface area (Å²) in [4.78, 5) is 11.1. The van der Waals surface area contributed by atoms with E-state index in [0.29, 0.717) is 34.3 Å². The number of allylic oxidation sites excluding steroid dienone is 3. The van der Waals surface area contributed by atoms with E-state index in [4.69, 9.17) is 28.4 Å². The average molecular weight is 469 g/mol. The predicted molar refractivity (Wildman–Crippen MR) is 132 cm³/mol. The van der Waals surface area contributed by atoms with Crippen LogP contribution in [0.5, 0.6) is 34.5 Å². The van der Waals surface area contributed by atoms with Gasteiger partial charge in [0.15, 0.2) is 23.0 Å². The largest absolute Gasteiger partial charge is 0.493 e. The predicted octanol–water partition coefficient (Wildman–Crippen LogP) is 4.91. The highest BCUT2D eigenvalue weighted by Gasteiger charge is 2.24. The molecule has 2 aromatic rings. The van der Waals surface area contributed by atoms with Gasteiger partial charge in [-0.15, -0.1) is 0 Å². The van der Waals surface area contributed by atoms with Crippen molar-refractivity contribution in [1.82, 2.24) is 0 Å². The number of methoxy groups -OCH3 is 6. The van der Waals surface area contributed by atoms with Crippen molar-refractivity contribution in [2.75, 3.05) is 42.7 Å². The number of ether oxygens (including phenoxy) is 6. The van der Waals surface area contributed by atoms with E-state index in [9.17, 15) is 4.79 Å². The third-order valence-electron chi connectivity index (χ3n) is 5.96. The minimum atomic E-state index is 0.572. The van der Waals surface area contributed by atoms with E-state index < -0.39 is 0 Å². The van der Waals surface area contributed by atoms with Crippen molar-refractivity contribution in [2.45, 2.75) is 25.7 Å². The molecule has 2 aliphatic rings. The van der Waals surface area contributed by atoms with Gasteiger partial charge in [0.2, 0.25) is 11.5 Å². The maximum Gasteiger partial charge on any atom is 0.203 e. The molecule has 0 saturated carbocycles. The van der Waals surface area contributed by atoms with E-state index in [1.54, 1.807) is 42.7 Å². The molecular weight excluding hydrogens is 436 g/mol. The molecule has 0 radical (unpaired) electrons. The van der Waals surface area contributed by atoms with Crippen molar-refractivity contribution < 1.29 is 33.2 Å². The van der Waals surface area contributed by atoms with Crippen LogP contribution < -0.4 is 28.4 Å². The van der Waals surface area contributed by atoms with Crippen molar-refractivity contribution in [3.05, 3.63) is 46.5 Å². The van der Waals surface area contributed by atoms with Crippen LogP contribution in [0.4, 0.5) is 0 Å². The van der Waals surface area contributed by atoms with Gasteiger partial charge in [-0.3, -0.25) is 4.79 Å². The highest BCUT2D eigenvalue weighted by molar-refractivity contribution is 6.08. The Bertz CT molecular complexity index is 1100. The lowest BCUT2D eigenvalue weighted by Gasteiger charge is -2.21. The van der Waals surface area contributed by atoms with Gasteiger partial charge in [0.1, 0.15) is 6.29 Å². The first-order valence-electron chi connectivity index (χ1n) is 11.0. The zero-order chi connectivity index (χ0) is 24.7. The van der Waals surface area contributed by atoms with Crippen LogP contribution in [0.25, 0.3) is 11.6 Å². The van der Waals surface area contributed by atoms with Crippen LogP contribution in [0.2, 0.25) is 0 Å². The number of aldehydes is 1. The number of fused-ring (bicyclic) bond motifs is 2. The second-order valence-electron chi connectivity index (χ2n) is 7.64. The number of rotatable bonds is 7. The van der Waals surface area contributed by atoms with E-state index in [2.05, 4.69) is 12.2 Å². The molecule has 0 N–H and O–H groups in total. The molecule has 34 heavy (non-hydrogen) atoms. The second-order valence-corrected chi connectivity index (χ2v) is 7.64. The van der Waals surface area contributed by atoms with Crippen LogP contribution in [0.1, 0.15) is 35.1 Å². The second kappa shape index (κ2) is 11.5. The maximum atomic E-state index is 11.1. The fourth-order valence-electron chi connectivity index (χ4n) is 4.39. The number of hydrogen-bond donors (Lipinski definition) is 0. The summed E-state index contributed by atoms with van der Waals surface area (Å²) in [5, 5.41) is 0. The average Bonchev–Trinajstić information content (AvgIpc) is 2.90. The lowest BCUT2D eigenvalue weighted by atomic mass is 9.90. The molecule has 4 rings (SSSR count). The van der Waals surface area contributed by atoms with Gasteiger partial charge in [-0.2, -0.15) is 0 Å². The summed E-state index contributed by atoms with van der Waals surface area (Å²) in [7, 11) is 9.66. The molecule has 2 aliphatic carbocycles. The Morgan fingerprint density at radius 3 is 1.79 bits per heavy atom. The van der Waals surface area contributed by atoms with Crippen molar-refractivity contribution >= 4 is 17.9 Å². The molecule has 7 heteroatoms. The molecule has 0 aromatic heterocycles. The molecule has 0 heterocycles. The number of carbonyl (C=O) groups excluding carboxylic acids is 1. The van der Waals surface area contributed by atoms with Gasteiger partial charge < -0.3 is 28.4 Å². The summed E-state index contributed by atoms with van der Waals surface area (Å²) >= 11 is 0. The molecule has 0 aliphatic heterocycles. The summed E-state index contributed by atoms with van der Waals surface area (Å²) < 4.78 is 32.1. The van der Waals surface area contributed by atoms with E-state index in [-0.39, 0.29) is 0 Å². The third-order valence-corrected chi connectivity index (χ3v) is 5.96. The smallest absolute Gasteiger partial charge is 0.203 e. The van der Waals surface area contributed by atoms with Gasteiger partial charge in [0.05, 0.1) is 42.7 Å². The Hall–Kier alpha value is -3.61. The Kier molecular flexibility index (Phi) is 8.46. The van der Waals surface area contributed by atoms with Gasteiger partial charge in [-0.1, -0.05) is 18.2 Å². The minimum Gasteiger partial charge on any atom is -0.493 e. The first-order valence-corrected chi connectivity index (χ1v) is 11.0. The van der Waals surface area contributed by atoms with Crippen LogP contribution in [-0.4, -0.2) is 48.9 Å². The molecule has 0 unspecified atom stereocenters. The van der Waals surface area contributed by atoms with Gasteiger partial charge in [-0.05, 0) is 48.9 Å². The standard InChI is InChI=1S/C14H16O4.C13H16O3/c1-16-12-7-11-9(8-15)5-4-6-10(11)13(17-2)14(12)18-3;1-14-11-8-9-6-4-5-7-10(9)12(15-2)13(11)16-3/h5,7-8H,4,6H2,1-3H3;4,6,8H,5,7H2,1-3H3. The fraction of sp³-hybridized carbons (Fsp3) is 0.370. The van der Waals surface area contributed by atoms with Gasteiger partial charge in [0, 0.05) is 16.7 Å². The van der Waals surface area contributed by atoms with Crippen LogP contribution in [-0.2, 0) is 17.6 Å². The summed E-state index contributed by atoms with van der Waals surface area (Å²) in [5.74, 6) is 3.98.